The van der Waals surface area contributed by atoms with Gasteiger partial charge in [0.2, 0.25) is 5.88 Å². The molecule has 6 heteroatoms. The van der Waals surface area contributed by atoms with E-state index in [-0.39, 0.29) is 26.8 Å². The number of aromatic carboxylic acids is 1. The Morgan fingerprint density at radius 1 is 0.933 bits per heavy atom. The SMILES string of the molecule is CC.CC.CC.O=C(O)c1cccc(Cc2[c-]c(Oc3ccccn3)ccc2)n1.[Pt]. The van der Waals surface area contributed by atoms with Crippen LogP contribution in [0, 0.1) is 6.07 Å². The van der Waals surface area contributed by atoms with E-state index in [1.54, 1.807) is 30.5 Å². The molecule has 5 nitrogen and oxygen atoms in total. The second-order valence-electron chi connectivity index (χ2n) is 4.81. The van der Waals surface area contributed by atoms with Crippen LogP contribution in [0.4, 0.5) is 0 Å². The Labute approximate surface area is 194 Å². The number of carbonyl (C=O) groups is 1. The average Bonchev–Trinajstić information content (AvgIpc) is 2.79. The summed E-state index contributed by atoms with van der Waals surface area (Å²) in [5.74, 6) is 0.00514. The molecule has 0 amide bonds. The first-order valence-electron chi connectivity index (χ1n) is 10.00. The Balaban J connectivity index is 0. The fourth-order valence-electron chi connectivity index (χ4n) is 2.07. The van der Waals surface area contributed by atoms with Gasteiger partial charge in [-0.2, -0.15) is 17.7 Å². The van der Waals surface area contributed by atoms with Gasteiger partial charge in [0.25, 0.3) is 0 Å². The molecule has 30 heavy (non-hydrogen) atoms. The van der Waals surface area contributed by atoms with Crippen molar-refractivity contribution in [3.63, 3.8) is 0 Å². The topological polar surface area (TPSA) is 72.3 Å². The van der Waals surface area contributed by atoms with Gasteiger partial charge in [0.15, 0.2) is 0 Å². The van der Waals surface area contributed by atoms with Gasteiger partial charge in [0, 0.05) is 44.8 Å². The van der Waals surface area contributed by atoms with Crippen molar-refractivity contribution < 1.29 is 35.7 Å². The monoisotopic (exact) mass is 590 g/mol. The molecule has 3 aromatic rings. The third-order valence-corrected chi connectivity index (χ3v) is 3.08. The Kier molecular flexibility index (Phi) is 18.3. The van der Waals surface area contributed by atoms with Crippen molar-refractivity contribution in [1.82, 2.24) is 9.97 Å². The van der Waals surface area contributed by atoms with Crippen molar-refractivity contribution in [3.05, 3.63) is 83.8 Å². The van der Waals surface area contributed by atoms with Gasteiger partial charge in [-0.1, -0.05) is 53.7 Å². The molecule has 0 fully saturated rings. The van der Waals surface area contributed by atoms with Crippen LogP contribution in [0.3, 0.4) is 0 Å². The van der Waals surface area contributed by atoms with Crippen molar-refractivity contribution in [2.75, 3.05) is 0 Å². The molecule has 0 saturated heterocycles. The summed E-state index contributed by atoms with van der Waals surface area (Å²) in [6.07, 6.45) is 2.13. The molecular weight excluding hydrogens is 559 g/mol. The summed E-state index contributed by atoms with van der Waals surface area (Å²) in [6, 6.07) is 19.0. The van der Waals surface area contributed by atoms with E-state index in [0.717, 1.165) is 5.56 Å². The fraction of sp³-hybridized carbons (Fsp3) is 0.292. The fourth-order valence-corrected chi connectivity index (χ4v) is 2.07. The molecule has 166 valence electrons. The standard InChI is InChI=1S/C18H13N2O3.3C2H6.Pt/c21-18(22)16-8-4-6-14(20-16)11-13-5-3-7-15(12-13)23-17-9-1-2-10-19-17;3*1-2;/h1-10H,11H2,(H,21,22);3*1-2H3;/q-1;;;;. The number of pyridine rings is 2. The molecule has 1 N–H and O–H groups in total. The van der Waals surface area contributed by atoms with Crippen molar-refractivity contribution in [1.29, 1.82) is 0 Å². The average molecular weight is 591 g/mol. The van der Waals surface area contributed by atoms with Crippen molar-refractivity contribution >= 4 is 5.97 Å². The zero-order valence-corrected chi connectivity index (χ0v) is 20.7. The molecule has 0 aliphatic heterocycles. The molecule has 1 aromatic carbocycles. The van der Waals surface area contributed by atoms with E-state index in [9.17, 15) is 4.79 Å². The summed E-state index contributed by atoms with van der Waals surface area (Å²) < 4.78 is 5.64. The van der Waals surface area contributed by atoms with Gasteiger partial charge in [-0.25, -0.2) is 14.8 Å². The maximum absolute atomic E-state index is 11.0. The molecular formula is C24H31N2O3Pt-. The number of hydrogen-bond donors (Lipinski definition) is 1. The third-order valence-electron chi connectivity index (χ3n) is 3.08. The molecule has 2 aromatic heterocycles. The van der Waals surface area contributed by atoms with E-state index >= 15 is 0 Å². The maximum atomic E-state index is 11.0. The van der Waals surface area contributed by atoms with Gasteiger partial charge in [0.05, 0.1) is 0 Å². The van der Waals surface area contributed by atoms with Gasteiger partial charge in [0.1, 0.15) is 5.69 Å². The number of rotatable bonds is 5. The van der Waals surface area contributed by atoms with Crippen LogP contribution < -0.4 is 4.74 Å². The predicted octanol–water partition coefficient (Wildman–Crippen LogP) is 6.43. The minimum Gasteiger partial charge on any atom is -0.477 e. The first-order chi connectivity index (χ1) is 14.2. The Bertz CT molecular complexity index is 827. The summed E-state index contributed by atoms with van der Waals surface area (Å²) in [4.78, 5) is 19.2. The second-order valence-corrected chi connectivity index (χ2v) is 4.81. The summed E-state index contributed by atoms with van der Waals surface area (Å²) >= 11 is 0. The summed E-state index contributed by atoms with van der Waals surface area (Å²) in [5, 5.41) is 8.99. The van der Waals surface area contributed by atoms with Gasteiger partial charge in [-0.3, -0.25) is 0 Å². The van der Waals surface area contributed by atoms with Crippen molar-refractivity contribution in [3.8, 4) is 11.6 Å². The van der Waals surface area contributed by atoms with E-state index in [0.29, 0.717) is 23.7 Å². The van der Waals surface area contributed by atoms with Gasteiger partial charge >= 0.3 is 5.97 Å². The minimum atomic E-state index is -1.04. The predicted molar refractivity (Wildman–Crippen MR) is 118 cm³/mol. The smallest absolute Gasteiger partial charge is 0.354 e. The summed E-state index contributed by atoms with van der Waals surface area (Å²) in [6.45, 7) is 12.0. The van der Waals surface area contributed by atoms with Crippen molar-refractivity contribution in [2.24, 2.45) is 0 Å². The number of aromatic nitrogens is 2. The summed E-state index contributed by atoms with van der Waals surface area (Å²) in [7, 11) is 0. The molecule has 0 saturated carbocycles. The van der Waals surface area contributed by atoms with Crippen LogP contribution in [-0.4, -0.2) is 21.0 Å². The van der Waals surface area contributed by atoms with Crippen LogP contribution in [0.2, 0.25) is 0 Å². The largest absolute Gasteiger partial charge is 0.477 e. The van der Waals surface area contributed by atoms with Gasteiger partial charge < -0.3 is 9.84 Å². The maximum Gasteiger partial charge on any atom is 0.354 e. The van der Waals surface area contributed by atoms with E-state index < -0.39 is 5.97 Å². The van der Waals surface area contributed by atoms with E-state index in [1.807, 2.05) is 65.8 Å². The van der Waals surface area contributed by atoms with E-state index in [4.69, 9.17) is 9.84 Å². The molecule has 0 bridgehead atoms. The van der Waals surface area contributed by atoms with Crippen LogP contribution >= 0.6 is 0 Å². The molecule has 0 radical (unpaired) electrons. The summed E-state index contributed by atoms with van der Waals surface area (Å²) in [5.41, 5.74) is 1.55. The molecule has 0 aliphatic carbocycles. The first kappa shape index (κ1) is 29.7. The minimum absolute atomic E-state index is 0. The van der Waals surface area contributed by atoms with Gasteiger partial charge in [-0.15, -0.1) is 12.1 Å². The number of ether oxygens (including phenoxy) is 1. The number of carboxylic acids is 1. The molecule has 0 unspecified atom stereocenters. The Morgan fingerprint density at radius 3 is 2.20 bits per heavy atom. The van der Waals surface area contributed by atoms with E-state index in [1.165, 1.54) is 6.07 Å². The first-order valence-corrected chi connectivity index (χ1v) is 10.00. The zero-order valence-electron chi connectivity index (χ0n) is 18.5. The Hall–Kier alpha value is -2.52. The van der Waals surface area contributed by atoms with E-state index in [2.05, 4.69) is 16.0 Å². The Morgan fingerprint density at radius 2 is 1.60 bits per heavy atom. The quantitative estimate of drug-likeness (QED) is 0.347. The van der Waals surface area contributed by atoms with Crippen LogP contribution in [0.15, 0.2) is 60.8 Å². The van der Waals surface area contributed by atoms with Gasteiger partial charge in [-0.05, 0) is 24.6 Å². The van der Waals surface area contributed by atoms with Crippen LogP contribution in [0.25, 0.3) is 0 Å². The van der Waals surface area contributed by atoms with Crippen LogP contribution in [0.5, 0.6) is 11.6 Å². The molecule has 0 spiro atoms. The molecule has 0 atom stereocenters. The van der Waals surface area contributed by atoms with Crippen LogP contribution in [0.1, 0.15) is 63.3 Å². The van der Waals surface area contributed by atoms with Crippen molar-refractivity contribution in [2.45, 2.75) is 48.0 Å². The number of benzene rings is 1. The third kappa shape index (κ3) is 10.9. The molecule has 3 rings (SSSR count). The zero-order chi connectivity index (χ0) is 22.1. The number of carboxylic acid groups (broad SMARTS) is 1. The normalized spacial score (nSPS) is 8.47. The number of nitrogens with zero attached hydrogens (tertiary/aromatic N) is 2. The second kappa shape index (κ2) is 18.5. The van der Waals surface area contributed by atoms with Crippen LogP contribution in [-0.2, 0) is 27.5 Å². The molecule has 2 heterocycles. The molecule has 0 aliphatic rings. The number of hydrogen-bond acceptors (Lipinski definition) is 4.